The summed E-state index contributed by atoms with van der Waals surface area (Å²) in [7, 11) is 3.25. The maximum absolute atomic E-state index is 13.8. The normalized spacial score (nSPS) is 15.4. The second-order valence-corrected chi connectivity index (χ2v) is 11.4. The summed E-state index contributed by atoms with van der Waals surface area (Å²) in [6, 6.07) is 19.1. The van der Waals surface area contributed by atoms with Gasteiger partial charge in [0.25, 0.3) is 11.8 Å². The Hall–Kier alpha value is -5.85. The van der Waals surface area contributed by atoms with Crippen LogP contribution in [-0.4, -0.2) is 75.3 Å². The summed E-state index contributed by atoms with van der Waals surface area (Å²) in [5.41, 5.74) is 2.61. The highest BCUT2D eigenvalue weighted by molar-refractivity contribution is 6.11. The molecule has 13 heteroatoms. The minimum atomic E-state index is -0.782. The molecule has 3 amide bonds. The molecule has 1 fully saturated rings. The Morgan fingerprint density at radius 1 is 1.06 bits per heavy atom. The van der Waals surface area contributed by atoms with Gasteiger partial charge in [-0.3, -0.25) is 24.7 Å². The number of amides is 3. The maximum Gasteiger partial charge on any atom is 0.271 e. The molecule has 2 N–H and O–H groups in total. The van der Waals surface area contributed by atoms with Gasteiger partial charge in [0.2, 0.25) is 23.6 Å². The molecule has 240 valence electrons. The van der Waals surface area contributed by atoms with Crippen molar-refractivity contribution in [3.05, 3.63) is 95.8 Å². The third-order valence-corrected chi connectivity index (χ3v) is 7.65. The van der Waals surface area contributed by atoms with Crippen LogP contribution in [-0.2, 0) is 11.3 Å². The second-order valence-electron chi connectivity index (χ2n) is 11.4. The number of pyridine rings is 1. The van der Waals surface area contributed by atoms with Gasteiger partial charge in [0.15, 0.2) is 0 Å². The fourth-order valence-electron chi connectivity index (χ4n) is 5.25. The number of hydrogen-bond donors (Lipinski definition) is 2. The van der Waals surface area contributed by atoms with Gasteiger partial charge >= 0.3 is 0 Å². The van der Waals surface area contributed by atoms with E-state index in [1.165, 1.54) is 23.2 Å². The molecule has 4 heterocycles. The first kappa shape index (κ1) is 31.1. The Morgan fingerprint density at radius 3 is 2.66 bits per heavy atom. The first-order valence-corrected chi connectivity index (χ1v) is 15.2. The summed E-state index contributed by atoms with van der Waals surface area (Å²) >= 11 is 0. The van der Waals surface area contributed by atoms with Gasteiger partial charge in [-0.05, 0) is 62.6 Å². The number of nitrogens with zero attached hydrogens (tertiary/aromatic N) is 6. The van der Waals surface area contributed by atoms with Crippen molar-refractivity contribution < 1.29 is 23.3 Å². The van der Waals surface area contributed by atoms with Crippen LogP contribution in [0, 0.1) is 6.92 Å². The third-order valence-electron chi connectivity index (χ3n) is 7.65. The van der Waals surface area contributed by atoms with Crippen LogP contribution in [0.15, 0.2) is 86.9 Å². The summed E-state index contributed by atoms with van der Waals surface area (Å²) in [5.74, 6) is 0.622. The van der Waals surface area contributed by atoms with E-state index in [0.717, 1.165) is 35.1 Å². The highest BCUT2D eigenvalue weighted by Crippen LogP contribution is 2.24. The molecule has 1 saturated heterocycles. The minimum Gasteiger partial charge on any atom is -0.461 e. The van der Waals surface area contributed by atoms with E-state index in [9.17, 15) is 14.4 Å². The van der Waals surface area contributed by atoms with E-state index >= 15 is 0 Å². The summed E-state index contributed by atoms with van der Waals surface area (Å²) in [4.78, 5) is 56.0. The van der Waals surface area contributed by atoms with Gasteiger partial charge in [-0.15, -0.1) is 0 Å². The van der Waals surface area contributed by atoms with Crippen LogP contribution in [0.3, 0.4) is 0 Å². The Morgan fingerprint density at radius 2 is 1.89 bits per heavy atom. The summed E-state index contributed by atoms with van der Waals surface area (Å²) < 4.78 is 11.2. The van der Waals surface area contributed by atoms with Gasteiger partial charge in [0, 0.05) is 43.5 Å². The molecular weight excluding hydrogens is 600 g/mol. The topological polar surface area (TPSA) is 159 Å². The molecule has 0 saturated carbocycles. The first-order valence-electron chi connectivity index (χ1n) is 15.2. The fraction of sp³-hybridized carbons (Fsp3) is 0.265. The molecule has 3 aromatic heterocycles. The number of fused-ring (bicyclic) bond motifs is 1. The van der Waals surface area contributed by atoms with Gasteiger partial charge in [0.05, 0.1) is 5.56 Å². The Balaban J connectivity index is 1.25. The van der Waals surface area contributed by atoms with Crippen LogP contribution in [0.4, 0.5) is 5.69 Å². The van der Waals surface area contributed by atoms with Crippen molar-refractivity contribution in [1.29, 1.82) is 0 Å². The number of rotatable bonds is 7. The molecule has 1 aliphatic rings. The lowest BCUT2D eigenvalue weighted by atomic mass is 10.1. The number of aromatic nitrogens is 3. The van der Waals surface area contributed by atoms with E-state index in [1.807, 2.05) is 55.5 Å². The number of carbonyl (C=O) groups excluding carboxylic acids is 3. The third kappa shape index (κ3) is 7.35. The lowest BCUT2D eigenvalue weighted by molar-refractivity contribution is -0.132. The molecule has 6 rings (SSSR count). The van der Waals surface area contributed by atoms with E-state index in [1.54, 1.807) is 25.1 Å². The quantitative estimate of drug-likeness (QED) is 0.192. The summed E-state index contributed by atoms with van der Waals surface area (Å²) in [5, 5.41) is 10.9. The molecule has 1 aliphatic heterocycles. The molecule has 0 bridgehead atoms. The predicted octanol–water partition coefficient (Wildman–Crippen LogP) is 4.67. The minimum absolute atomic E-state index is 0.0902. The van der Waals surface area contributed by atoms with Crippen molar-refractivity contribution in [2.45, 2.75) is 38.8 Å². The molecule has 13 nitrogen and oxygen atoms in total. The molecule has 0 aliphatic carbocycles. The van der Waals surface area contributed by atoms with Crippen LogP contribution in [0.1, 0.15) is 51.8 Å². The zero-order valence-corrected chi connectivity index (χ0v) is 26.3. The van der Waals surface area contributed by atoms with Gasteiger partial charge < -0.3 is 24.1 Å². The number of guanidine groups is 1. The average molecular weight is 635 g/mol. The first-order chi connectivity index (χ1) is 22.7. The van der Waals surface area contributed by atoms with E-state index in [0.29, 0.717) is 30.4 Å². The fourth-order valence-corrected chi connectivity index (χ4v) is 5.25. The average Bonchev–Trinajstić information content (AvgIpc) is 3.66. The molecule has 2 aromatic carbocycles. The van der Waals surface area contributed by atoms with Crippen molar-refractivity contribution in [2.75, 3.05) is 26.0 Å². The van der Waals surface area contributed by atoms with Gasteiger partial charge in [-0.1, -0.05) is 35.5 Å². The van der Waals surface area contributed by atoms with Crippen molar-refractivity contribution in [3.8, 4) is 11.4 Å². The monoisotopic (exact) mass is 634 g/mol. The number of nitrogens with one attached hydrogen (secondary N) is 2. The standard InChI is InChI=1S/C34H34N8O5/c1-21-17-24-18-25(13-15-28(24)46-21)36-34(39-31(43)23-12-14-26(35-19-23)32(44)41(2)3)37-27-11-7-8-16-42(33(27)45)20-29-38-30(40-47-29)22-9-5-4-6-10-22/h4-6,9-10,12-15,17-19,27H,7-8,11,16,20H2,1-3H3,(H2,36,37,39,43)/t27-/m0/s1. The molecule has 47 heavy (non-hydrogen) atoms. The smallest absolute Gasteiger partial charge is 0.271 e. The predicted molar refractivity (Wildman–Crippen MR) is 175 cm³/mol. The number of aliphatic imine (C=N–C) groups is 1. The van der Waals surface area contributed by atoms with E-state index in [2.05, 4.69) is 25.8 Å². The number of likely N-dealkylation sites (tertiary alicyclic amines) is 1. The molecule has 0 spiro atoms. The number of anilines is 1. The number of carbonyl (C=O) groups is 3. The van der Waals surface area contributed by atoms with Crippen LogP contribution < -0.4 is 10.6 Å². The molecule has 0 unspecified atom stereocenters. The highest BCUT2D eigenvalue weighted by Gasteiger charge is 2.29. The number of benzene rings is 2. The summed E-state index contributed by atoms with van der Waals surface area (Å²) in [6.07, 6.45) is 3.34. The molecule has 1 atom stereocenters. The van der Waals surface area contributed by atoms with Crippen molar-refractivity contribution in [1.82, 2.24) is 30.2 Å². The van der Waals surface area contributed by atoms with Crippen LogP contribution in [0.5, 0.6) is 0 Å². The van der Waals surface area contributed by atoms with E-state index in [-0.39, 0.29) is 35.6 Å². The molecule has 0 radical (unpaired) electrons. The Labute approximate surface area is 270 Å². The summed E-state index contributed by atoms with van der Waals surface area (Å²) in [6.45, 7) is 2.51. The van der Waals surface area contributed by atoms with E-state index in [4.69, 9.17) is 13.9 Å². The zero-order valence-electron chi connectivity index (χ0n) is 26.3. The van der Waals surface area contributed by atoms with Crippen LogP contribution >= 0.6 is 0 Å². The van der Waals surface area contributed by atoms with Gasteiger partial charge in [-0.25, -0.2) is 4.99 Å². The van der Waals surface area contributed by atoms with E-state index < -0.39 is 11.9 Å². The molecule has 5 aromatic rings. The zero-order chi connectivity index (χ0) is 32.9. The highest BCUT2D eigenvalue weighted by atomic mass is 16.5. The van der Waals surface area contributed by atoms with Gasteiger partial charge in [0.1, 0.15) is 29.6 Å². The Bertz CT molecular complexity index is 1930. The van der Waals surface area contributed by atoms with Crippen molar-refractivity contribution in [3.63, 3.8) is 0 Å². The van der Waals surface area contributed by atoms with Crippen LogP contribution in [0.2, 0.25) is 0 Å². The lowest BCUT2D eigenvalue weighted by Gasteiger charge is -2.22. The van der Waals surface area contributed by atoms with Crippen molar-refractivity contribution >= 4 is 40.3 Å². The Kier molecular flexibility index (Phi) is 9.04. The molecular formula is C34H34N8O5. The van der Waals surface area contributed by atoms with Crippen molar-refractivity contribution in [2.24, 2.45) is 4.99 Å². The second kappa shape index (κ2) is 13.6. The number of furan rings is 1. The maximum atomic E-state index is 13.8. The van der Waals surface area contributed by atoms with Crippen LogP contribution in [0.25, 0.3) is 22.4 Å². The number of hydrogen-bond acceptors (Lipinski definition) is 9. The van der Waals surface area contributed by atoms with Gasteiger partial charge in [-0.2, -0.15) is 4.98 Å². The lowest BCUT2D eigenvalue weighted by Crippen LogP contribution is -2.41. The number of aryl methyl sites for hydroxylation is 1. The largest absolute Gasteiger partial charge is 0.461 e. The SMILES string of the molecule is Cc1cc2cc(NC(=N[C@H]3CCCCN(Cc4nc(-c5ccccc5)no4)C3=O)NC(=O)c3ccc(C(=O)N(C)C)nc3)ccc2o1.